The van der Waals surface area contributed by atoms with Crippen LogP contribution in [0.4, 0.5) is 0 Å². The molecule has 0 aromatic carbocycles. The summed E-state index contributed by atoms with van der Waals surface area (Å²) in [5.74, 6) is 15.1. The lowest BCUT2D eigenvalue weighted by Gasteiger charge is -2.55. The van der Waals surface area contributed by atoms with Crippen molar-refractivity contribution in [3.05, 3.63) is 182 Å². The predicted octanol–water partition coefficient (Wildman–Crippen LogP) is 20.1. The summed E-state index contributed by atoms with van der Waals surface area (Å²) in [6.45, 7) is 40.0. The zero-order valence-corrected chi connectivity index (χ0v) is 86.1. The lowest BCUT2D eigenvalue weighted by Crippen LogP contribution is -2.53. The number of carbonyl (C=O) groups is 18. The van der Waals surface area contributed by atoms with E-state index in [2.05, 4.69) is 198 Å². The first-order chi connectivity index (χ1) is 66.3. The van der Waals surface area contributed by atoms with Crippen molar-refractivity contribution in [2.45, 2.75) is 221 Å². The van der Waals surface area contributed by atoms with Crippen LogP contribution in [0.15, 0.2) is 182 Å². The van der Waals surface area contributed by atoms with Crippen LogP contribution < -0.4 is 0 Å². The Labute approximate surface area is 834 Å². The van der Waals surface area contributed by atoms with E-state index in [9.17, 15) is 86.3 Å². The van der Waals surface area contributed by atoms with Gasteiger partial charge in [0.2, 0.25) is 0 Å². The minimum absolute atomic E-state index is 0.0386. The van der Waals surface area contributed by atoms with Gasteiger partial charge in [-0.3, -0.25) is 86.3 Å². The molecule has 28 aliphatic rings. The number of ketones is 18. The van der Waals surface area contributed by atoms with Crippen LogP contribution >= 0.6 is 0 Å². The fourth-order valence-corrected chi connectivity index (χ4v) is 33.0. The van der Waals surface area contributed by atoms with Gasteiger partial charge in [0.15, 0.2) is 69.4 Å². The number of hydrogen-bond donors (Lipinski definition) is 0. The first-order valence-electron chi connectivity index (χ1n) is 53.1. The monoisotopic (exact) mass is 1920 g/mol. The molecule has 18 nitrogen and oxygen atoms in total. The van der Waals surface area contributed by atoms with E-state index in [1.807, 2.05) is 0 Å². The summed E-state index contributed by atoms with van der Waals surface area (Å²) in [7, 11) is 0. The fraction of sp³-hybridized carbons (Fsp3) is 0.610. The summed E-state index contributed by atoms with van der Waals surface area (Å²) in [5.41, 5.74) is 1.04. The van der Waals surface area contributed by atoms with E-state index in [0.29, 0.717) is 152 Å². The van der Waals surface area contributed by atoms with Crippen LogP contribution in [-0.4, -0.2) is 104 Å². The molecule has 0 saturated heterocycles. The van der Waals surface area contributed by atoms with E-state index in [-0.39, 0.29) is 198 Å². The van der Waals surface area contributed by atoms with Gasteiger partial charge in [0.05, 0.1) is 0 Å². The van der Waals surface area contributed by atoms with E-state index >= 15 is 0 Å². The summed E-state index contributed by atoms with van der Waals surface area (Å²) >= 11 is 0. The van der Waals surface area contributed by atoms with Crippen molar-refractivity contribution in [1.82, 2.24) is 0 Å². The summed E-state index contributed by atoms with van der Waals surface area (Å²) in [6, 6.07) is 0. The molecule has 28 rings (SSSR count). The van der Waals surface area contributed by atoms with Crippen molar-refractivity contribution in [3.63, 3.8) is 0 Å². The van der Waals surface area contributed by atoms with Crippen LogP contribution in [0.1, 0.15) is 221 Å². The SMILES string of the molecule is C1=CCC=C1.C1=CCCC=C1.CC(C)(C)/C=C/C=C/C(C)(C)C.CC(C)(C)C1C2C(=O)C3C4C(=O)C2C(C(C)(C)C)C4C31.CC(C)(C)C1CCC(C(C)(C)C)C2C(=O)C=CC(=O)C21.O=C1C2C3CC4C2C(=O)C2C1C3C42.O=C1C2C3CCC4C2C(=O)C2C1C3C42.O=C1C=CC(=O)C2C3CCC(C3)C12.O=C1C=CC(=O)C2C3CCC(CC3)C12.O=C1C=CC(=O)C=C1.O=C1C=CC(=O)C=C1.O=C1C=CC(=O)C=C1. The summed E-state index contributed by atoms with van der Waals surface area (Å²) < 4.78 is 0. The number of fused-ring (bicyclic) bond motifs is 19. The van der Waals surface area contributed by atoms with Gasteiger partial charge in [-0.05, 0) is 345 Å². The van der Waals surface area contributed by atoms with E-state index in [0.717, 1.165) is 25.7 Å². The molecule has 20 saturated carbocycles. The maximum atomic E-state index is 12.8. The van der Waals surface area contributed by atoms with Gasteiger partial charge < -0.3 is 0 Å². The van der Waals surface area contributed by atoms with Crippen LogP contribution in [0.5, 0.6) is 0 Å². The van der Waals surface area contributed by atoms with Gasteiger partial charge in [0.25, 0.3) is 0 Å². The molecule has 28 aliphatic carbocycles. The average Bonchev–Trinajstić information content (AvgIpc) is 1.46. The Hall–Kier alpha value is -9.84. The van der Waals surface area contributed by atoms with Crippen LogP contribution in [0.25, 0.3) is 0 Å². The van der Waals surface area contributed by atoms with E-state index in [4.69, 9.17) is 0 Å². The molecule has 18 heteroatoms. The first-order valence-corrected chi connectivity index (χ1v) is 53.1. The van der Waals surface area contributed by atoms with Crippen molar-refractivity contribution in [2.24, 2.45) is 246 Å². The maximum absolute atomic E-state index is 12.8. The zero-order chi connectivity index (χ0) is 102. The predicted molar refractivity (Wildman–Crippen MR) is 539 cm³/mol. The summed E-state index contributed by atoms with van der Waals surface area (Å²) in [6.07, 6.45) is 67.2. The van der Waals surface area contributed by atoms with Gasteiger partial charge in [-0.15, -0.1) is 0 Å². The molecule has 34 atom stereocenters. The van der Waals surface area contributed by atoms with Gasteiger partial charge in [-0.1, -0.05) is 198 Å². The van der Waals surface area contributed by atoms with Crippen molar-refractivity contribution in [2.75, 3.05) is 0 Å². The third-order valence-corrected chi connectivity index (χ3v) is 37.8. The normalized spacial score (nSPS) is 40.8. The third-order valence-electron chi connectivity index (χ3n) is 37.8. The van der Waals surface area contributed by atoms with Crippen molar-refractivity contribution < 1.29 is 86.3 Å². The molecule has 0 aromatic heterocycles. The lowest BCUT2D eigenvalue weighted by atomic mass is 9.48. The van der Waals surface area contributed by atoms with Gasteiger partial charge in [-0.2, -0.15) is 0 Å². The van der Waals surface area contributed by atoms with Crippen LogP contribution in [0, 0.1) is 246 Å². The van der Waals surface area contributed by atoms with E-state index in [1.54, 1.807) is 0 Å². The van der Waals surface area contributed by atoms with Gasteiger partial charge in [0.1, 0.15) is 34.7 Å². The van der Waals surface area contributed by atoms with Gasteiger partial charge in [-0.25, -0.2) is 0 Å². The highest BCUT2D eigenvalue weighted by Gasteiger charge is 2.85. The minimum Gasteiger partial charge on any atom is -0.299 e. The quantitative estimate of drug-likeness (QED) is 0.134. The Kier molecular flexibility index (Phi) is 29.5. The molecule has 34 unspecified atom stereocenters. The Morgan fingerprint density at radius 2 is 0.447 bits per heavy atom. The average molecular weight is 1920 g/mol. The molecular weight excluding hydrogens is 1770 g/mol. The number of Topliss-reactive ketones (excluding diaryl/α,β-unsaturated/α-hetero) is 6. The molecule has 20 fully saturated rings. The molecule has 750 valence electrons. The molecule has 12 bridgehead atoms. The van der Waals surface area contributed by atoms with E-state index < -0.39 is 0 Å². The molecule has 0 aliphatic heterocycles. The highest BCUT2D eigenvalue weighted by Crippen LogP contribution is 2.82. The van der Waals surface area contributed by atoms with E-state index in [1.165, 1.54) is 180 Å². The topological polar surface area (TPSA) is 307 Å². The van der Waals surface area contributed by atoms with Crippen molar-refractivity contribution in [3.8, 4) is 0 Å². The van der Waals surface area contributed by atoms with Crippen LogP contribution in [0.3, 0.4) is 0 Å². The summed E-state index contributed by atoms with van der Waals surface area (Å²) in [4.78, 5) is 207. The second-order valence-electron chi connectivity index (χ2n) is 51.9. The second-order valence-corrected chi connectivity index (χ2v) is 51.9. The molecule has 0 amide bonds. The van der Waals surface area contributed by atoms with Gasteiger partial charge in [0, 0.05) is 107 Å². The lowest BCUT2D eigenvalue weighted by molar-refractivity contribution is -0.145. The van der Waals surface area contributed by atoms with Crippen LogP contribution in [-0.2, 0) is 86.3 Å². The maximum Gasteiger partial charge on any atom is 0.178 e. The fourth-order valence-electron chi connectivity index (χ4n) is 33.0. The van der Waals surface area contributed by atoms with Crippen molar-refractivity contribution >= 4 is 104 Å². The Morgan fingerprint density at radius 3 is 0.688 bits per heavy atom. The molecule has 0 aromatic rings. The van der Waals surface area contributed by atoms with Gasteiger partial charge >= 0.3 is 0 Å². The standard InChI is InChI=1S/C18H26O2.C18H28O2.C12H12O2.C12H14O2.C12H22.C11H10O2.C11H12O2.3C6H4O2.C6H8.C5H6/c1-17(2,3)13-7-8-10-9(7)15(19)11(13)12(16(10)20)14(8)18(4,5)6;1-17(2,3)11-7-8-12(18(4,5)6)16-14(20)10-9-13(19)15(11)16;13-11-7-3-1-2-4-6-5(3)9(11)10(6)12(14)8(4)7;13-9-5-6-10(14)12-8-2-1-7(3-4-8)11(9)12;1-11(2,3)9-7-8-10-12(4,5)6;12-10-6-2-1-3-5-4(2)8(10)9(5)11(13)7(3)6;12-8-3-4-9(13)11-7-2-1-6(5-7)10(8)11;3*7-5-1-2-6(8)4-3-5;1-2-4-6-5-3-1;1-2-4-5-3-1/h7-14H,1-6H3;9-12,15-16H,7-8H2,1-6H3;3-10H,1-2H2;5-8,11-12H,1-4H2;7-10H,1-6H3;2-9H,1H2;3-4,6-7,10-11H,1-2,5H2;3*1-4H;1-4H,5-6H2;1-4H,5H2/b;;;;9-7+,10-8+;;;;;;;. The third kappa shape index (κ3) is 19.9. The minimum atomic E-state index is -0.121. The second kappa shape index (κ2) is 39.9. The van der Waals surface area contributed by atoms with Crippen molar-refractivity contribution in [1.29, 1.82) is 0 Å². The zero-order valence-electron chi connectivity index (χ0n) is 86.1. The number of hydrogen-bond acceptors (Lipinski definition) is 18. The molecule has 141 heavy (non-hydrogen) atoms. The number of allylic oxidation sites excluding steroid dienone is 30. The molecule has 0 spiro atoms. The first kappa shape index (κ1) is 104. The molecule has 0 N–H and O–H groups in total. The van der Waals surface area contributed by atoms with Crippen LogP contribution in [0.2, 0.25) is 0 Å². The highest BCUT2D eigenvalue weighted by molar-refractivity contribution is 6.17. The summed E-state index contributed by atoms with van der Waals surface area (Å²) in [5, 5.41) is 0. The largest absolute Gasteiger partial charge is 0.299 e. The Bertz CT molecular complexity index is 5140. The highest BCUT2D eigenvalue weighted by atomic mass is 16.2. The Morgan fingerprint density at radius 1 is 0.213 bits per heavy atom. The molecule has 0 heterocycles. The molecular formula is C123H150O18. The number of rotatable bonds is 1. The smallest absolute Gasteiger partial charge is 0.178 e. The Balaban J connectivity index is 0.000000113. The molecule has 0 radical (unpaired) electrons. The number of carbonyl (C=O) groups excluding carboxylic acids is 18.